The maximum absolute atomic E-state index is 10.6. The number of aryl methyl sites for hydroxylation is 1. The molecule has 1 saturated carbocycles. The Balaban J connectivity index is 0.000000173. The number of carboxylic acid groups (broad SMARTS) is 1. The highest BCUT2D eigenvalue weighted by Crippen LogP contribution is 2.37. The van der Waals surface area contributed by atoms with Crippen LogP contribution < -0.4 is 5.32 Å². The van der Waals surface area contributed by atoms with E-state index in [1.165, 1.54) is 6.20 Å². The summed E-state index contributed by atoms with van der Waals surface area (Å²) in [6.07, 6.45) is 6.97. The maximum atomic E-state index is 10.6. The number of hydrogen-bond donors (Lipinski definition) is 2. The number of rotatable bonds is 3. The Bertz CT molecular complexity index is 614. The van der Waals surface area contributed by atoms with Crippen molar-refractivity contribution in [2.45, 2.75) is 25.7 Å². The van der Waals surface area contributed by atoms with E-state index in [9.17, 15) is 4.79 Å². The van der Waals surface area contributed by atoms with E-state index in [1.807, 2.05) is 13.1 Å². The first-order chi connectivity index (χ1) is 10.1. The van der Waals surface area contributed by atoms with Gasteiger partial charge in [-0.15, -0.1) is 0 Å². The van der Waals surface area contributed by atoms with E-state index in [2.05, 4.69) is 25.5 Å². The fourth-order valence-electron chi connectivity index (χ4n) is 1.67. The highest BCUT2D eigenvalue weighted by molar-refractivity contribution is 5.88. The standard InChI is InChI=1S/C9H10N2O2.C5H7N3/c1-5-7(9(12)13)4-10-8(11-5)6-2-3-6;1-6-5-2-3-7-8-4-5/h4,6H,2-3H2,1H3,(H,12,13);2-4H,1H3,(H,6,7). The van der Waals surface area contributed by atoms with Crippen molar-refractivity contribution in [1.29, 1.82) is 0 Å². The Morgan fingerprint density at radius 3 is 2.52 bits per heavy atom. The molecule has 0 amide bonds. The van der Waals surface area contributed by atoms with Crippen molar-refractivity contribution in [3.8, 4) is 0 Å². The lowest BCUT2D eigenvalue weighted by molar-refractivity contribution is 0.0695. The van der Waals surface area contributed by atoms with Crippen LogP contribution >= 0.6 is 0 Å². The molecule has 1 aliphatic carbocycles. The number of anilines is 1. The van der Waals surface area contributed by atoms with E-state index in [-0.39, 0.29) is 5.56 Å². The SMILES string of the molecule is CNc1ccnnc1.Cc1nc(C2CC2)ncc1C(=O)O. The van der Waals surface area contributed by atoms with Crippen LogP contribution in [-0.2, 0) is 0 Å². The number of hydrogen-bond acceptors (Lipinski definition) is 6. The van der Waals surface area contributed by atoms with Crippen molar-refractivity contribution in [2.75, 3.05) is 12.4 Å². The zero-order valence-corrected chi connectivity index (χ0v) is 11.9. The molecule has 1 fully saturated rings. The zero-order chi connectivity index (χ0) is 15.2. The monoisotopic (exact) mass is 287 g/mol. The lowest BCUT2D eigenvalue weighted by Gasteiger charge is -2.01. The second kappa shape index (κ2) is 6.74. The maximum Gasteiger partial charge on any atom is 0.339 e. The van der Waals surface area contributed by atoms with Crippen LogP contribution in [0.25, 0.3) is 0 Å². The van der Waals surface area contributed by atoms with Gasteiger partial charge in [-0.2, -0.15) is 10.2 Å². The largest absolute Gasteiger partial charge is 0.478 e. The van der Waals surface area contributed by atoms with E-state index in [0.29, 0.717) is 11.6 Å². The second-order valence-electron chi connectivity index (χ2n) is 4.69. The van der Waals surface area contributed by atoms with Crippen LogP contribution in [0.1, 0.15) is 40.6 Å². The van der Waals surface area contributed by atoms with E-state index >= 15 is 0 Å². The number of carboxylic acids is 1. The van der Waals surface area contributed by atoms with E-state index in [4.69, 9.17) is 5.11 Å². The smallest absolute Gasteiger partial charge is 0.339 e. The van der Waals surface area contributed by atoms with Crippen LogP contribution in [0.15, 0.2) is 24.7 Å². The normalized spacial score (nSPS) is 13.0. The number of aromatic nitrogens is 4. The summed E-state index contributed by atoms with van der Waals surface area (Å²) in [5.41, 5.74) is 1.74. The topological polar surface area (TPSA) is 101 Å². The van der Waals surface area contributed by atoms with Gasteiger partial charge in [-0.05, 0) is 25.8 Å². The van der Waals surface area contributed by atoms with Crippen LogP contribution in [0.2, 0.25) is 0 Å². The molecule has 2 heterocycles. The summed E-state index contributed by atoms with van der Waals surface area (Å²) in [5.74, 6) is 0.309. The van der Waals surface area contributed by atoms with E-state index in [1.54, 1.807) is 19.3 Å². The van der Waals surface area contributed by atoms with Gasteiger partial charge in [0.05, 0.1) is 29.3 Å². The predicted molar refractivity (Wildman–Crippen MR) is 77.3 cm³/mol. The van der Waals surface area contributed by atoms with Crippen LogP contribution in [0, 0.1) is 6.92 Å². The molecular weight excluding hydrogens is 270 g/mol. The zero-order valence-electron chi connectivity index (χ0n) is 11.9. The third-order valence-corrected chi connectivity index (χ3v) is 3.04. The molecule has 7 nitrogen and oxygen atoms in total. The fraction of sp³-hybridized carbons (Fsp3) is 0.357. The third-order valence-electron chi connectivity index (χ3n) is 3.04. The van der Waals surface area contributed by atoms with Gasteiger partial charge in [-0.25, -0.2) is 14.8 Å². The molecule has 0 atom stereocenters. The summed E-state index contributed by atoms with van der Waals surface area (Å²) in [7, 11) is 1.84. The van der Waals surface area contributed by atoms with Gasteiger partial charge in [0.25, 0.3) is 0 Å². The van der Waals surface area contributed by atoms with Gasteiger partial charge in [0.1, 0.15) is 5.82 Å². The molecule has 2 N–H and O–H groups in total. The van der Waals surface area contributed by atoms with Gasteiger partial charge in [0.15, 0.2) is 0 Å². The Morgan fingerprint density at radius 1 is 1.33 bits per heavy atom. The molecule has 0 unspecified atom stereocenters. The number of nitrogens with one attached hydrogen (secondary N) is 1. The van der Waals surface area contributed by atoms with Crippen LogP contribution in [0.5, 0.6) is 0 Å². The van der Waals surface area contributed by atoms with Crippen molar-refractivity contribution in [2.24, 2.45) is 0 Å². The van der Waals surface area contributed by atoms with Gasteiger partial charge in [-0.1, -0.05) is 0 Å². The van der Waals surface area contributed by atoms with Crippen molar-refractivity contribution in [3.05, 3.63) is 41.7 Å². The number of aromatic carboxylic acids is 1. The van der Waals surface area contributed by atoms with E-state index in [0.717, 1.165) is 24.4 Å². The first-order valence-corrected chi connectivity index (χ1v) is 6.63. The first-order valence-electron chi connectivity index (χ1n) is 6.63. The summed E-state index contributed by atoms with van der Waals surface area (Å²) in [5, 5.41) is 18.9. The van der Waals surface area contributed by atoms with Crippen molar-refractivity contribution < 1.29 is 9.90 Å². The summed E-state index contributed by atoms with van der Waals surface area (Å²) in [6, 6.07) is 1.85. The third kappa shape index (κ3) is 4.20. The molecule has 21 heavy (non-hydrogen) atoms. The van der Waals surface area contributed by atoms with Gasteiger partial charge in [0, 0.05) is 19.2 Å². The Hall–Kier alpha value is -2.57. The summed E-state index contributed by atoms with van der Waals surface area (Å²) in [6.45, 7) is 1.71. The first kappa shape index (κ1) is 14.8. The molecule has 2 aromatic heterocycles. The Morgan fingerprint density at radius 2 is 2.10 bits per heavy atom. The van der Waals surface area contributed by atoms with Crippen LogP contribution in [0.3, 0.4) is 0 Å². The number of carbonyl (C=O) groups is 1. The quantitative estimate of drug-likeness (QED) is 0.888. The predicted octanol–water partition coefficient (Wildman–Crippen LogP) is 1.88. The highest BCUT2D eigenvalue weighted by Gasteiger charge is 2.27. The molecule has 0 radical (unpaired) electrons. The second-order valence-corrected chi connectivity index (χ2v) is 4.69. The molecule has 0 spiro atoms. The van der Waals surface area contributed by atoms with Crippen molar-refractivity contribution in [1.82, 2.24) is 20.2 Å². The summed E-state index contributed by atoms with van der Waals surface area (Å²) in [4.78, 5) is 18.8. The van der Waals surface area contributed by atoms with Gasteiger partial charge in [-0.3, -0.25) is 0 Å². The van der Waals surface area contributed by atoms with Crippen LogP contribution in [-0.4, -0.2) is 38.3 Å². The lowest BCUT2D eigenvalue weighted by atomic mass is 10.2. The minimum absolute atomic E-state index is 0.199. The Labute approximate surface area is 122 Å². The highest BCUT2D eigenvalue weighted by atomic mass is 16.4. The molecule has 2 aromatic rings. The lowest BCUT2D eigenvalue weighted by Crippen LogP contribution is -2.05. The average molecular weight is 287 g/mol. The molecule has 0 aromatic carbocycles. The van der Waals surface area contributed by atoms with Crippen molar-refractivity contribution in [3.63, 3.8) is 0 Å². The molecule has 1 aliphatic rings. The molecule has 3 rings (SSSR count). The minimum atomic E-state index is -0.958. The van der Waals surface area contributed by atoms with Crippen molar-refractivity contribution >= 4 is 11.7 Å². The Kier molecular flexibility index (Phi) is 4.76. The van der Waals surface area contributed by atoms with Crippen LogP contribution in [0.4, 0.5) is 5.69 Å². The molecule has 0 saturated heterocycles. The minimum Gasteiger partial charge on any atom is -0.478 e. The molecule has 0 bridgehead atoms. The molecule has 7 heteroatoms. The fourth-order valence-corrected chi connectivity index (χ4v) is 1.67. The van der Waals surface area contributed by atoms with E-state index < -0.39 is 5.97 Å². The van der Waals surface area contributed by atoms with Gasteiger partial charge < -0.3 is 10.4 Å². The number of nitrogens with zero attached hydrogens (tertiary/aromatic N) is 4. The average Bonchev–Trinajstić information content (AvgIpc) is 3.33. The molecule has 110 valence electrons. The summed E-state index contributed by atoms with van der Waals surface area (Å²) >= 11 is 0. The molecular formula is C14H17N5O2. The summed E-state index contributed by atoms with van der Waals surface area (Å²) < 4.78 is 0. The van der Waals surface area contributed by atoms with Gasteiger partial charge in [0.2, 0.25) is 0 Å². The van der Waals surface area contributed by atoms with Gasteiger partial charge >= 0.3 is 5.97 Å². The molecule has 0 aliphatic heterocycles.